The van der Waals surface area contributed by atoms with Crippen molar-refractivity contribution in [1.29, 1.82) is 0 Å². The van der Waals surface area contributed by atoms with Gasteiger partial charge in [0.05, 0.1) is 16.7 Å². The Morgan fingerprint density at radius 2 is 2.29 bits per heavy atom. The lowest BCUT2D eigenvalue weighted by molar-refractivity contribution is 0.700. The van der Waals surface area contributed by atoms with Gasteiger partial charge < -0.3 is 5.73 Å². The van der Waals surface area contributed by atoms with Crippen LogP contribution in [-0.2, 0) is 6.42 Å². The highest BCUT2D eigenvalue weighted by Gasteiger charge is 2.12. The molecule has 0 bridgehead atoms. The lowest BCUT2D eigenvalue weighted by Gasteiger charge is -2.10. The van der Waals surface area contributed by atoms with Crippen molar-refractivity contribution in [3.63, 3.8) is 0 Å². The van der Waals surface area contributed by atoms with Gasteiger partial charge in [-0.15, -0.1) is 11.3 Å². The number of halogens is 2. The predicted octanol–water partition coefficient (Wildman–Crippen LogP) is 4.11. The van der Waals surface area contributed by atoms with E-state index in [4.69, 9.17) is 17.3 Å². The van der Waals surface area contributed by atoms with E-state index in [0.717, 1.165) is 25.8 Å². The Hall–Kier alpha value is -0.420. The third-order valence-corrected chi connectivity index (χ3v) is 4.11. The van der Waals surface area contributed by atoms with Gasteiger partial charge >= 0.3 is 0 Å². The molecule has 0 aliphatic carbocycles. The van der Waals surface area contributed by atoms with Gasteiger partial charge in [0, 0.05) is 14.9 Å². The number of rotatable bonds is 3. The number of benzene rings is 1. The molecule has 0 saturated heterocycles. The zero-order chi connectivity index (χ0) is 12.4. The van der Waals surface area contributed by atoms with Gasteiger partial charge in [-0.1, -0.05) is 33.6 Å². The second-order valence-electron chi connectivity index (χ2n) is 3.84. The minimum Gasteiger partial charge on any atom is -0.322 e. The first-order valence-corrected chi connectivity index (χ1v) is 7.23. The molecule has 0 saturated carbocycles. The highest BCUT2D eigenvalue weighted by molar-refractivity contribution is 9.10. The number of aryl methyl sites for hydroxylation is 1. The molecule has 1 unspecified atom stereocenters. The molecule has 1 atom stereocenters. The Bertz CT molecular complexity index is 527. The van der Waals surface area contributed by atoms with Crippen molar-refractivity contribution < 1.29 is 0 Å². The van der Waals surface area contributed by atoms with Crippen LogP contribution in [0.15, 0.2) is 28.1 Å². The van der Waals surface area contributed by atoms with E-state index in [1.54, 1.807) is 11.3 Å². The number of nitrogens with zero attached hydrogens (tertiary/aromatic N) is 1. The van der Waals surface area contributed by atoms with Crippen molar-refractivity contribution in [2.24, 2.45) is 5.73 Å². The minimum absolute atomic E-state index is 0.0985. The van der Waals surface area contributed by atoms with Crippen LogP contribution in [0.3, 0.4) is 0 Å². The molecule has 0 aliphatic heterocycles. The molecule has 2 N–H and O–H groups in total. The van der Waals surface area contributed by atoms with Gasteiger partial charge in [0.25, 0.3) is 0 Å². The lowest BCUT2D eigenvalue weighted by Crippen LogP contribution is -2.14. The van der Waals surface area contributed by atoms with Crippen molar-refractivity contribution in [3.8, 4) is 0 Å². The molecule has 0 amide bonds. The van der Waals surface area contributed by atoms with Crippen LogP contribution in [0, 0.1) is 6.92 Å². The van der Waals surface area contributed by atoms with Crippen LogP contribution in [0.5, 0.6) is 0 Å². The minimum atomic E-state index is -0.0985. The van der Waals surface area contributed by atoms with Crippen LogP contribution in [-0.4, -0.2) is 4.98 Å². The van der Waals surface area contributed by atoms with E-state index in [0.29, 0.717) is 6.42 Å². The maximum atomic E-state index is 6.16. The molecule has 1 aromatic heterocycles. The van der Waals surface area contributed by atoms with Crippen LogP contribution in [0.4, 0.5) is 0 Å². The van der Waals surface area contributed by atoms with Crippen molar-refractivity contribution in [1.82, 2.24) is 4.98 Å². The first-order valence-electron chi connectivity index (χ1n) is 5.18. The van der Waals surface area contributed by atoms with E-state index in [9.17, 15) is 0 Å². The Kier molecular flexibility index (Phi) is 4.20. The quantitative estimate of drug-likeness (QED) is 0.919. The van der Waals surface area contributed by atoms with E-state index in [-0.39, 0.29) is 6.04 Å². The molecule has 2 nitrogen and oxygen atoms in total. The van der Waals surface area contributed by atoms with Gasteiger partial charge in [-0.2, -0.15) is 0 Å². The largest absolute Gasteiger partial charge is 0.322 e. The summed E-state index contributed by atoms with van der Waals surface area (Å²) in [6, 6.07) is 5.75. The first-order chi connectivity index (χ1) is 8.06. The smallest absolute Gasteiger partial charge is 0.0898 e. The van der Waals surface area contributed by atoms with Crippen LogP contribution < -0.4 is 5.73 Å². The second kappa shape index (κ2) is 5.48. The van der Waals surface area contributed by atoms with Crippen molar-refractivity contribution in [2.75, 3.05) is 0 Å². The molecule has 0 radical (unpaired) electrons. The highest BCUT2D eigenvalue weighted by Crippen LogP contribution is 2.25. The number of thiazole rings is 1. The number of hydrogen-bond donors (Lipinski definition) is 1. The molecule has 2 aromatic rings. The molecule has 17 heavy (non-hydrogen) atoms. The molecule has 1 aromatic carbocycles. The summed E-state index contributed by atoms with van der Waals surface area (Å²) in [5.74, 6) is 0. The molecule has 90 valence electrons. The van der Waals surface area contributed by atoms with Crippen molar-refractivity contribution in [2.45, 2.75) is 19.4 Å². The van der Waals surface area contributed by atoms with Gasteiger partial charge in [-0.05, 0) is 31.0 Å². The van der Waals surface area contributed by atoms with Gasteiger partial charge in [-0.25, -0.2) is 4.98 Å². The standard InChI is InChI=1S/C12H12BrClN2S/c1-7-16-12(6-17-7)11(15)4-8-2-3-9(13)5-10(8)14/h2-3,5-6,11H,4,15H2,1H3. The summed E-state index contributed by atoms with van der Waals surface area (Å²) in [5, 5.41) is 3.78. The van der Waals surface area contributed by atoms with Crippen molar-refractivity contribution >= 4 is 38.9 Å². The van der Waals surface area contributed by atoms with Crippen LogP contribution in [0.1, 0.15) is 22.3 Å². The van der Waals surface area contributed by atoms with Crippen LogP contribution in [0.2, 0.25) is 5.02 Å². The average molecular weight is 332 g/mol. The number of hydrogen-bond acceptors (Lipinski definition) is 3. The summed E-state index contributed by atoms with van der Waals surface area (Å²) in [7, 11) is 0. The van der Waals surface area contributed by atoms with Gasteiger partial charge in [0.1, 0.15) is 0 Å². The van der Waals surface area contributed by atoms with Gasteiger partial charge in [0.2, 0.25) is 0 Å². The average Bonchev–Trinajstić information content (AvgIpc) is 2.69. The monoisotopic (exact) mass is 330 g/mol. The molecule has 1 heterocycles. The molecule has 2 rings (SSSR count). The van der Waals surface area contributed by atoms with Crippen LogP contribution >= 0.6 is 38.9 Å². The summed E-state index contributed by atoms with van der Waals surface area (Å²) in [4.78, 5) is 4.40. The zero-order valence-corrected chi connectivity index (χ0v) is 12.4. The van der Waals surface area contributed by atoms with Gasteiger partial charge in [0.15, 0.2) is 0 Å². The number of aromatic nitrogens is 1. The summed E-state index contributed by atoms with van der Waals surface area (Å²) < 4.78 is 0.976. The summed E-state index contributed by atoms with van der Waals surface area (Å²) in [6.07, 6.45) is 0.704. The zero-order valence-electron chi connectivity index (χ0n) is 9.28. The maximum absolute atomic E-state index is 6.16. The summed E-state index contributed by atoms with van der Waals surface area (Å²) in [6.45, 7) is 1.98. The van der Waals surface area contributed by atoms with Crippen molar-refractivity contribution in [3.05, 3.63) is 49.3 Å². The Morgan fingerprint density at radius 3 is 2.88 bits per heavy atom. The molecule has 5 heteroatoms. The Labute approximate surface area is 118 Å². The first kappa shape index (κ1) is 13.0. The highest BCUT2D eigenvalue weighted by atomic mass is 79.9. The molecular formula is C12H12BrClN2S. The topological polar surface area (TPSA) is 38.9 Å². The fraction of sp³-hybridized carbons (Fsp3) is 0.250. The lowest BCUT2D eigenvalue weighted by atomic mass is 10.0. The molecule has 0 spiro atoms. The van der Waals surface area contributed by atoms with E-state index in [2.05, 4.69) is 20.9 Å². The third-order valence-electron chi connectivity index (χ3n) is 2.47. The fourth-order valence-corrected chi connectivity index (χ4v) is 3.01. The molecule has 0 fully saturated rings. The normalized spacial score (nSPS) is 12.7. The summed E-state index contributed by atoms with van der Waals surface area (Å²) >= 11 is 11.2. The summed E-state index contributed by atoms with van der Waals surface area (Å²) in [5.41, 5.74) is 8.11. The van der Waals surface area contributed by atoms with E-state index in [1.165, 1.54) is 0 Å². The van der Waals surface area contributed by atoms with E-state index >= 15 is 0 Å². The van der Waals surface area contributed by atoms with Crippen LogP contribution in [0.25, 0.3) is 0 Å². The van der Waals surface area contributed by atoms with E-state index in [1.807, 2.05) is 30.5 Å². The molecular weight excluding hydrogens is 320 g/mol. The van der Waals surface area contributed by atoms with Gasteiger partial charge in [-0.3, -0.25) is 0 Å². The Morgan fingerprint density at radius 1 is 1.53 bits per heavy atom. The fourth-order valence-electron chi connectivity index (χ4n) is 1.58. The maximum Gasteiger partial charge on any atom is 0.0898 e. The molecule has 0 aliphatic rings. The predicted molar refractivity (Wildman–Crippen MR) is 76.6 cm³/mol. The number of nitrogens with two attached hydrogens (primary N) is 1. The SMILES string of the molecule is Cc1nc(C(N)Cc2ccc(Br)cc2Cl)cs1. The third kappa shape index (κ3) is 3.28. The second-order valence-corrected chi connectivity index (χ2v) is 6.22. The Balaban J connectivity index is 2.15. The van der Waals surface area contributed by atoms with E-state index < -0.39 is 0 Å².